The predicted molar refractivity (Wildman–Crippen MR) is 280 cm³/mol. The lowest BCUT2D eigenvalue weighted by Crippen LogP contribution is -2.16. The van der Waals surface area contributed by atoms with Crippen molar-refractivity contribution in [2.45, 2.75) is 19.3 Å². The minimum atomic E-state index is -0.151. The highest BCUT2D eigenvalue weighted by molar-refractivity contribution is 6.29. The molecule has 310 valence electrons. The van der Waals surface area contributed by atoms with E-state index in [2.05, 4.69) is 252 Å². The van der Waals surface area contributed by atoms with Crippen LogP contribution in [0.2, 0.25) is 0 Å². The second-order valence-corrected chi connectivity index (χ2v) is 18.5. The van der Waals surface area contributed by atoms with Gasteiger partial charge in [-0.25, -0.2) is 0 Å². The molecule has 13 aromatic rings. The number of rotatable bonds is 5. The highest BCUT2D eigenvalue weighted by Crippen LogP contribution is 2.51. The lowest BCUT2D eigenvalue weighted by Gasteiger charge is -2.29. The SMILES string of the molecule is CC1(C)c2ccccc2-c2ccc(N(c3ccccc3)c3cc(-n4c5ccccc5c5ccccc54)cc(-n4c5ccccc5c5cc6c7ccccc7c7ccccc7c6cc54)c3)cc21. The third-order valence-electron chi connectivity index (χ3n) is 14.6. The zero-order chi connectivity index (χ0) is 43.7. The summed E-state index contributed by atoms with van der Waals surface area (Å²) in [5.74, 6) is 0. The van der Waals surface area contributed by atoms with Crippen LogP contribution in [0, 0.1) is 0 Å². The van der Waals surface area contributed by atoms with Crippen molar-refractivity contribution in [2.75, 3.05) is 4.90 Å². The second-order valence-electron chi connectivity index (χ2n) is 18.5. The van der Waals surface area contributed by atoms with Crippen LogP contribution in [0.1, 0.15) is 25.0 Å². The molecule has 0 amide bonds. The largest absolute Gasteiger partial charge is 0.310 e. The minimum absolute atomic E-state index is 0.151. The van der Waals surface area contributed by atoms with Crippen LogP contribution in [-0.4, -0.2) is 9.13 Å². The van der Waals surface area contributed by atoms with Crippen molar-refractivity contribution in [1.29, 1.82) is 0 Å². The van der Waals surface area contributed by atoms with E-state index in [0.29, 0.717) is 0 Å². The zero-order valence-electron chi connectivity index (χ0n) is 36.7. The van der Waals surface area contributed by atoms with Crippen molar-refractivity contribution in [1.82, 2.24) is 9.13 Å². The first-order chi connectivity index (χ1) is 32.5. The Balaban J connectivity index is 1.10. The third-order valence-corrected chi connectivity index (χ3v) is 14.6. The molecule has 0 unspecified atom stereocenters. The van der Waals surface area contributed by atoms with Crippen molar-refractivity contribution >= 4 is 93.0 Å². The van der Waals surface area contributed by atoms with Gasteiger partial charge in [-0.1, -0.05) is 166 Å². The number of anilines is 3. The van der Waals surface area contributed by atoms with Gasteiger partial charge in [-0.2, -0.15) is 0 Å². The quantitative estimate of drug-likeness (QED) is 0.157. The first-order valence-electron chi connectivity index (χ1n) is 23.0. The molecule has 0 fully saturated rings. The molecule has 3 heteroatoms. The van der Waals surface area contributed by atoms with Crippen LogP contribution < -0.4 is 4.90 Å². The maximum Gasteiger partial charge on any atom is 0.0547 e. The molecule has 0 saturated heterocycles. The molecule has 0 bridgehead atoms. The van der Waals surface area contributed by atoms with Gasteiger partial charge in [0.25, 0.3) is 0 Å². The number of hydrogen-bond donors (Lipinski definition) is 0. The Morgan fingerprint density at radius 1 is 0.288 bits per heavy atom. The first-order valence-corrected chi connectivity index (χ1v) is 23.0. The van der Waals surface area contributed by atoms with E-state index in [4.69, 9.17) is 0 Å². The molecule has 0 spiro atoms. The van der Waals surface area contributed by atoms with Crippen molar-refractivity contribution < 1.29 is 0 Å². The van der Waals surface area contributed by atoms with Gasteiger partial charge in [0.15, 0.2) is 0 Å². The fraction of sp³-hybridized carbons (Fsp3) is 0.0476. The van der Waals surface area contributed by atoms with E-state index >= 15 is 0 Å². The van der Waals surface area contributed by atoms with Gasteiger partial charge in [0.2, 0.25) is 0 Å². The molecule has 66 heavy (non-hydrogen) atoms. The van der Waals surface area contributed by atoms with Crippen LogP contribution in [0.25, 0.3) is 98.4 Å². The lowest BCUT2D eigenvalue weighted by atomic mass is 9.82. The summed E-state index contributed by atoms with van der Waals surface area (Å²) in [6.07, 6.45) is 0. The zero-order valence-corrected chi connectivity index (χ0v) is 36.7. The summed E-state index contributed by atoms with van der Waals surface area (Å²) in [5, 5.41) is 12.6. The fourth-order valence-corrected chi connectivity index (χ4v) is 11.7. The molecule has 0 radical (unpaired) electrons. The smallest absolute Gasteiger partial charge is 0.0547 e. The Bertz CT molecular complexity index is 4100. The normalized spacial score (nSPS) is 13.1. The number of fused-ring (bicyclic) bond motifs is 15. The molecule has 2 heterocycles. The molecule has 0 saturated carbocycles. The predicted octanol–water partition coefficient (Wildman–Crippen LogP) is 17.1. The van der Waals surface area contributed by atoms with E-state index in [1.807, 2.05) is 0 Å². The molecule has 0 N–H and O–H groups in total. The Morgan fingerprint density at radius 2 is 0.742 bits per heavy atom. The van der Waals surface area contributed by atoms with Crippen molar-refractivity contribution in [2.24, 2.45) is 0 Å². The maximum atomic E-state index is 2.51. The number of nitrogens with zero attached hydrogens (tertiary/aromatic N) is 3. The highest BCUT2D eigenvalue weighted by atomic mass is 15.1. The van der Waals surface area contributed by atoms with Crippen molar-refractivity contribution in [3.05, 3.63) is 236 Å². The molecular formula is C63H43N3. The Kier molecular flexibility index (Phi) is 7.74. The number of para-hydroxylation sites is 4. The molecule has 1 aliphatic rings. The van der Waals surface area contributed by atoms with Crippen molar-refractivity contribution in [3.8, 4) is 22.5 Å². The Hall–Kier alpha value is -8.40. The number of hydrogen-bond acceptors (Lipinski definition) is 1. The van der Waals surface area contributed by atoms with Crippen molar-refractivity contribution in [3.63, 3.8) is 0 Å². The van der Waals surface area contributed by atoms with E-state index in [1.54, 1.807) is 0 Å². The minimum Gasteiger partial charge on any atom is -0.310 e. The fourth-order valence-electron chi connectivity index (χ4n) is 11.7. The summed E-state index contributed by atoms with van der Waals surface area (Å²) < 4.78 is 4.98. The Morgan fingerprint density at radius 3 is 1.35 bits per heavy atom. The summed E-state index contributed by atoms with van der Waals surface area (Å²) in [7, 11) is 0. The lowest BCUT2D eigenvalue weighted by molar-refractivity contribution is 0.660. The average Bonchev–Trinajstić information content (AvgIpc) is 3.96. The van der Waals surface area contributed by atoms with E-state index in [-0.39, 0.29) is 5.41 Å². The summed E-state index contributed by atoms with van der Waals surface area (Å²) in [4.78, 5) is 2.46. The topological polar surface area (TPSA) is 13.1 Å². The van der Waals surface area contributed by atoms with E-state index < -0.39 is 0 Å². The molecule has 3 nitrogen and oxygen atoms in total. The van der Waals surface area contributed by atoms with Crippen LogP contribution in [0.4, 0.5) is 17.1 Å². The summed E-state index contributed by atoms with van der Waals surface area (Å²) in [6.45, 7) is 4.74. The second kappa shape index (κ2) is 13.8. The van der Waals surface area contributed by atoms with Gasteiger partial charge in [0, 0.05) is 38.3 Å². The molecule has 14 rings (SSSR count). The van der Waals surface area contributed by atoms with Gasteiger partial charge >= 0.3 is 0 Å². The third kappa shape index (κ3) is 5.20. The monoisotopic (exact) mass is 841 g/mol. The molecule has 0 aliphatic heterocycles. The van der Waals surface area contributed by atoms with E-state index in [0.717, 1.165) is 28.4 Å². The molecule has 2 aromatic heterocycles. The van der Waals surface area contributed by atoms with Crippen LogP contribution in [0.5, 0.6) is 0 Å². The molecule has 0 atom stereocenters. The van der Waals surface area contributed by atoms with Gasteiger partial charge < -0.3 is 14.0 Å². The number of benzene rings is 11. The van der Waals surface area contributed by atoms with Gasteiger partial charge in [-0.05, 0) is 127 Å². The van der Waals surface area contributed by atoms with Gasteiger partial charge in [-0.15, -0.1) is 0 Å². The first kappa shape index (κ1) is 37.0. The highest BCUT2D eigenvalue weighted by Gasteiger charge is 2.36. The molecule has 1 aliphatic carbocycles. The van der Waals surface area contributed by atoms with E-state index in [9.17, 15) is 0 Å². The van der Waals surface area contributed by atoms with E-state index in [1.165, 1.54) is 98.2 Å². The molecular weight excluding hydrogens is 799 g/mol. The van der Waals surface area contributed by atoms with Crippen LogP contribution in [-0.2, 0) is 5.41 Å². The average molecular weight is 842 g/mol. The summed E-state index contributed by atoms with van der Waals surface area (Å²) in [5.41, 5.74) is 15.4. The van der Waals surface area contributed by atoms with Gasteiger partial charge in [-0.3, -0.25) is 0 Å². The number of aromatic nitrogens is 2. The summed E-state index contributed by atoms with van der Waals surface area (Å²) >= 11 is 0. The Labute approximate surface area is 382 Å². The summed E-state index contributed by atoms with van der Waals surface area (Å²) in [6, 6.07) is 83.4. The van der Waals surface area contributed by atoms with Crippen LogP contribution in [0.3, 0.4) is 0 Å². The van der Waals surface area contributed by atoms with Gasteiger partial charge in [0.05, 0.1) is 39.1 Å². The van der Waals surface area contributed by atoms with Crippen LogP contribution >= 0.6 is 0 Å². The maximum absolute atomic E-state index is 2.51. The molecule has 11 aromatic carbocycles. The van der Waals surface area contributed by atoms with Crippen LogP contribution in [0.15, 0.2) is 224 Å². The standard InChI is InChI=1S/C63H43N3/c1-63(2)57-28-14-10-24-49(57)50-33-32-41(37-58(50)63)64(40-18-4-3-5-19-40)42-34-43(65-59-29-15-11-25-51(59)52-26-12-16-30-60(52)65)36-44(35-42)66-61-31-17-13-27-53(61)56-38-54-47-22-8-6-20-45(47)46-21-7-9-23-48(46)55(54)39-62(56)66/h3-39H,1-2H3. The van der Waals surface area contributed by atoms with Gasteiger partial charge in [0.1, 0.15) is 0 Å².